The summed E-state index contributed by atoms with van der Waals surface area (Å²) in [7, 11) is 0. The van der Waals surface area contributed by atoms with Gasteiger partial charge in [-0.15, -0.1) is 0 Å². The van der Waals surface area contributed by atoms with Crippen LogP contribution in [0.5, 0.6) is 0 Å². The number of rotatable bonds is 5. The number of hydrogen-bond donors (Lipinski definition) is 1. The molecule has 1 aliphatic rings. The van der Waals surface area contributed by atoms with Gasteiger partial charge in [-0.3, -0.25) is 9.59 Å². The molecule has 1 aromatic rings. The quantitative estimate of drug-likeness (QED) is 0.812. The van der Waals surface area contributed by atoms with Gasteiger partial charge < -0.3 is 15.2 Å². The van der Waals surface area contributed by atoms with Crippen LogP contribution in [0.4, 0.5) is 0 Å². The minimum Gasteiger partial charge on any atom is -0.369 e. The lowest BCUT2D eigenvalue weighted by atomic mass is 9.96. The van der Waals surface area contributed by atoms with E-state index in [1.165, 1.54) is 11.8 Å². The van der Waals surface area contributed by atoms with E-state index in [1.54, 1.807) is 6.20 Å². The fourth-order valence-corrected chi connectivity index (χ4v) is 3.23. The molecule has 0 aliphatic carbocycles. The summed E-state index contributed by atoms with van der Waals surface area (Å²) in [5.41, 5.74) is 5.29. The van der Waals surface area contributed by atoms with Crippen LogP contribution in [0.15, 0.2) is 17.6 Å². The van der Waals surface area contributed by atoms with Crippen molar-refractivity contribution in [3.8, 4) is 0 Å². The van der Waals surface area contributed by atoms with Crippen LogP contribution in [-0.4, -0.2) is 45.1 Å². The summed E-state index contributed by atoms with van der Waals surface area (Å²) < 4.78 is 2.01. The summed E-state index contributed by atoms with van der Waals surface area (Å²) in [6, 6.07) is 0. The van der Waals surface area contributed by atoms with E-state index in [1.807, 2.05) is 22.6 Å². The number of imidazole rings is 1. The lowest BCUT2D eigenvalue weighted by Crippen LogP contribution is -2.42. The molecular formula is C13H20N4O2S. The topological polar surface area (TPSA) is 81.2 Å². The largest absolute Gasteiger partial charge is 0.369 e. The predicted octanol–water partition coefficient (Wildman–Crippen LogP) is 0.719. The summed E-state index contributed by atoms with van der Waals surface area (Å²) >= 11 is 1.46. The molecule has 110 valence electrons. The van der Waals surface area contributed by atoms with Gasteiger partial charge in [-0.2, -0.15) is 0 Å². The molecule has 7 heteroatoms. The molecule has 2 amide bonds. The van der Waals surface area contributed by atoms with Crippen molar-refractivity contribution in [1.29, 1.82) is 0 Å². The maximum Gasteiger partial charge on any atom is 0.233 e. The van der Waals surface area contributed by atoms with Gasteiger partial charge in [-0.05, 0) is 19.8 Å². The number of carbonyl (C=O) groups excluding carboxylic acids is 2. The van der Waals surface area contributed by atoms with Crippen molar-refractivity contribution in [3.63, 3.8) is 0 Å². The minimum absolute atomic E-state index is 0.0781. The van der Waals surface area contributed by atoms with Gasteiger partial charge in [0, 0.05) is 37.9 Å². The van der Waals surface area contributed by atoms with E-state index < -0.39 is 0 Å². The average molecular weight is 296 g/mol. The Bertz CT molecular complexity index is 480. The maximum atomic E-state index is 12.1. The van der Waals surface area contributed by atoms with Crippen LogP contribution in [0.25, 0.3) is 0 Å². The first-order chi connectivity index (χ1) is 9.61. The van der Waals surface area contributed by atoms with Gasteiger partial charge >= 0.3 is 0 Å². The molecule has 0 saturated carbocycles. The van der Waals surface area contributed by atoms with Crippen LogP contribution in [0.2, 0.25) is 0 Å². The van der Waals surface area contributed by atoms with Crippen LogP contribution >= 0.6 is 11.8 Å². The Morgan fingerprint density at radius 1 is 1.45 bits per heavy atom. The number of nitrogens with two attached hydrogens (primary N) is 1. The number of amides is 2. The third-order valence-electron chi connectivity index (χ3n) is 3.59. The van der Waals surface area contributed by atoms with Gasteiger partial charge in [0.05, 0.1) is 5.75 Å². The van der Waals surface area contributed by atoms with E-state index in [0.717, 1.165) is 11.7 Å². The summed E-state index contributed by atoms with van der Waals surface area (Å²) in [5, 5.41) is 0.868. The molecule has 0 unspecified atom stereocenters. The second-order valence-corrected chi connectivity index (χ2v) is 5.78. The molecule has 0 aromatic carbocycles. The molecule has 2 rings (SSSR count). The summed E-state index contributed by atoms with van der Waals surface area (Å²) in [6.07, 6.45) is 5.00. The lowest BCUT2D eigenvalue weighted by Gasteiger charge is -2.30. The van der Waals surface area contributed by atoms with Crippen LogP contribution in [0, 0.1) is 5.92 Å². The van der Waals surface area contributed by atoms with Crippen molar-refractivity contribution in [1.82, 2.24) is 14.5 Å². The monoisotopic (exact) mass is 296 g/mol. The van der Waals surface area contributed by atoms with Gasteiger partial charge in [0.15, 0.2) is 5.16 Å². The molecule has 1 fully saturated rings. The highest BCUT2D eigenvalue weighted by Crippen LogP contribution is 2.20. The molecular weight excluding hydrogens is 276 g/mol. The Hall–Kier alpha value is -1.50. The number of aromatic nitrogens is 2. The van der Waals surface area contributed by atoms with E-state index in [4.69, 9.17) is 5.73 Å². The number of primary amides is 1. The Kier molecular flexibility index (Phi) is 5.05. The molecule has 6 nitrogen and oxygen atoms in total. The highest BCUT2D eigenvalue weighted by Gasteiger charge is 2.25. The molecule has 0 bridgehead atoms. The zero-order valence-electron chi connectivity index (χ0n) is 11.6. The second-order valence-electron chi connectivity index (χ2n) is 4.84. The predicted molar refractivity (Wildman–Crippen MR) is 77.1 cm³/mol. The molecule has 0 radical (unpaired) electrons. The van der Waals surface area contributed by atoms with Crippen molar-refractivity contribution in [2.75, 3.05) is 18.8 Å². The van der Waals surface area contributed by atoms with Gasteiger partial charge in [0.2, 0.25) is 11.8 Å². The first-order valence-electron chi connectivity index (χ1n) is 6.82. The number of aryl methyl sites for hydroxylation is 1. The van der Waals surface area contributed by atoms with Crippen molar-refractivity contribution in [2.45, 2.75) is 31.5 Å². The smallest absolute Gasteiger partial charge is 0.233 e. The normalized spacial score (nSPS) is 16.4. The Morgan fingerprint density at radius 3 is 2.75 bits per heavy atom. The van der Waals surface area contributed by atoms with Gasteiger partial charge in [0.1, 0.15) is 0 Å². The van der Waals surface area contributed by atoms with E-state index in [-0.39, 0.29) is 17.7 Å². The third-order valence-corrected chi connectivity index (χ3v) is 4.58. The third kappa shape index (κ3) is 3.53. The Balaban J connectivity index is 1.80. The van der Waals surface area contributed by atoms with E-state index in [9.17, 15) is 9.59 Å². The molecule has 1 aliphatic heterocycles. The van der Waals surface area contributed by atoms with Crippen LogP contribution < -0.4 is 5.73 Å². The number of hydrogen-bond acceptors (Lipinski definition) is 4. The Morgan fingerprint density at radius 2 is 2.15 bits per heavy atom. The molecule has 0 spiro atoms. The van der Waals surface area contributed by atoms with Gasteiger partial charge in [-0.25, -0.2) is 4.98 Å². The van der Waals surface area contributed by atoms with Gasteiger partial charge in [0.25, 0.3) is 0 Å². The number of nitrogens with zero attached hydrogens (tertiary/aromatic N) is 3. The van der Waals surface area contributed by atoms with Crippen molar-refractivity contribution < 1.29 is 9.59 Å². The van der Waals surface area contributed by atoms with Crippen molar-refractivity contribution in [2.24, 2.45) is 11.7 Å². The number of carbonyl (C=O) groups is 2. The molecule has 1 saturated heterocycles. The molecule has 2 N–H and O–H groups in total. The SMILES string of the molecule is CCn1ccnc1SCC(=O)N1CCC(C(N)=O)CC1. The first kappa shape index (κ1) is 14.9. The molecule has 1 aromatic heterocycles. The second kappa shape index (κ2) is 6.78. The van der Waals surface area contributed by atoms with Crippen LogP contribution in [0.1, 0.15) is 19.8 Å². The number of likely N-dealkylation sites (tertiary alicyclic amines) is 1. The van der Waals surface area contributed by atoms with Crippen LogP contribution in [-0.2, 0) is 16.1 Å². The van der Waals surface area contributed by atoms with Crippen LogP contribution in [0.3, 0.4) is 0 Å². The summed E-state index contributed by atoms with van der Waals surface area (Å²) in [6.45, 7) is 4.13. The lowest BCUT2D eigenvalue weighted by molar-refractivity contribution is -0.132. The molecule has 20 heavy (non-hydrogen) atoms. The molecule has 0 atom stereocenters. The fraction of sp³-hybridized carbons (Fsp3) is 0.615. The first-order valence-corrected chi connectivity index (χ1v) is 7.81. The number of thioether (sulfide) groups is 1. The van der Waals surface area contributed by atoms with Crippen molar-refractivity contribution >= 4 is 23.6 Å². The average Bonchev–Trinajstić information content (AvgIpc) is 2.92. The molecule has 2 heterocycles. The zero-order chi connectivity index (χ0) is 14.5. The zero-order valence-corrected chi connectivity index (χ0v) is 12.4. The summed E-state index contributed by atoms with van der Waals surface area (Å²) in [4.78, 5) is 29.3. The van der Waals surface area contributed by atoms with Crippen molar-refractivity contribution in [3.05, 3.63) is 12.4 Å². The minimum atomic E-state index is -0.253. The number of piperidine rings is 1. The van der Waals surface area contributed by atoms with Gasteiger partial charge in [-0.1, -0.05) is 11.8 Å². The van der Waals surface area contributed by atoms with E-state index in [2.05, 4.69) is 4.98 Å². The van der Waals surface area contributed by atoms with E-state index >= 15 is 0 Å². The highest BCUT2D eigenvalue weighted by molar-refractivity contribution is 7.99. The fourth-order valence-electron chi connectivity index (χ4n) is 2.31. The standard InChI is InChI=1S/C13H20N4O2S/c1-2-16-8-5-15-13(16)20-9-11(18)17-6-3-10(4-7-17)12(14)19/h5,8,10H,2-4,6-7,9H2,1H3,(H2,14,19). The maximum absolute atomic E-state index is 12.1. The van der Waals surface area contributed by atoms with E-state index in [0.29, 0.717) is 31.7 Å². The summed E-state index contributed by atoms with van der Waals surface area (Å²) in [5.74, 6) is 0.156. The highest BCUT2D eigenvalue weighted by atomic mass is 32.2. The Labute approximate surface area is 122 Å².